The van der Waals surface area contributed by atoms with E-state index in [2.05, 4.69) is 10.3 Å². The van der Waals surface area contributed by atoms with Crippen LogP contribution in [0.3, 0.4) is 0 Å². The molecule has 1 saturated heterocycles. The molecular weight excluding hydrogens is 332 g/mol. The Morgan fingerprint density at radius 3 is 2.54 bits per heavy atom. The predicted molar refractivity (Wildman–Crippen MR) is 102 cm³/mol. The van der Waals surface area contributed by atoms with Gasteiger partial charge < -0.3 is 25.4 Å². The first-order valence-corrected chi connectivity index (χ1v) is 9.21. The molecule has 0 atom stereocenters. The summed E-state index contributed by atoms with van der Waals surface area (Å²) in [4.78, 5) is 17.8. The Morgan fingerprint density at radius 1 is 1.31 bits per heavy atom. The van der Waals surface area contributed by atoms with Crippen LogP contribution in [-0.2, 0) is 11.3 Å². The average molecular weight is 362 g/mol. The Morgan fingerprint density at radius 2 is 1.96 bits per heavy atom. The highest BCUT2D eigenvalue weighted by atomic mass is 16.6. The fourth-order valence-electron chi connectivity index (χ4n) is 2.80. The molecule has 0 spiro atoms. The van der Waals surface area contributed by atoms with Gasteiger partial charge in [0.25, 0.3) is 0 Å². The van der Waals surface area contributed by atoms with Crippen molar-refractivity contribution in [3.8, 4) is 5.75 Å². The number of likely N-dealkylation sites (tertiary alicyclic amines) is 1. The molecule has 0 radical (unpaired) electrons. The molecule has 26 heavy (non-hydrogen) atoms. The number of ether oxygens (including phenoxy) is 2. The van der Waals surface area contributed by atoms with Crippen molar-refractivity contribution in [2.24, 2.45) is 10.7 Å². The molecule has 1 aromatic rings. The highest BCUT2D eigenvalue weighted by molar-refractivity contribution is 5.78. The summed E-state index contributed by atoms with van der Waals surface area (Å²) in [6, 6.07) is 8.10. The number of rotatable bonds is 6. The lowest BCUT2D eigenvalue weighted by Gasteiger charge is -2.31. The van der Waals surface area contributed by atoms with E-state index < -0.39 is 0 Å². The van der Waals surface area contributed by atoms with Crippen molar-refractivity contribution in [1.29, 1.82) is 0 Å². The van der Waals surface area contributed by atoms with Crippen molar-refractivity contribution in [2.45, 2.75) is 52.3 Å². The number of nitrogens with zero attached hydrogens (tertiary/aromatic N) is 2. The van der Waals surface area contributed by atoms with Crippen molar-refractivity contribution >= 4 is 12.1 Å². The van der Waals surface area contributed by atoms with Crippen LogP contribution in [0.1, 0.15) is 39.2 Å². The molecule has 1 aliphatic heterocycles. The molecule has 1 aromatic carbocycles. The molecule has 3 N–H and O–H groups in total. The van der Waals surface area contributed by atoms with E-state index in [-0.39, 0.29) is 18.2 Å². The van der Waals surface area contributed by atoms with Gasteiger partial charge in [0.2, 0.25) is 0 Å². The lowest BCUT2D eigenvalue weighted by molar-refractivity contribution is 0.0963. The molecule has 1 aliphatic rings. The van der Waals surface area contributed by atoms with Gasteiger partial charge in [-0.1, -0.05) is 12.1 Å². The molecule has 0 unspecified atom stereocenters. The summed E-state index contributed by atoms with van der Waals surface area (Å²) in [6.45, 7) is 8.07. The Balaban J connectivity index is 1.76. The normalized spacial score (nSPS) is 15.8. The second kappa shape index (κ2) is 9.89. The van der Waals surface area contributed by atoms with Crippen LogP contribution in [-0.4, -0.2) is 48.8 Å². The van der Waals surface area contributed by atoms with Gasteiger partial charge in [-0.3, -0.25) is 0 Å². The summed E-state index contributed by atoms with van der Waals surface area (Å²) in [7, 11) is 0. The van der Waals surface area contributed by atoms with Crippen LogP contribution in [0.25, 0.3) is 0 Å². The summed E-state index contributed by atoms with van der Waals surface area (Å²) in [6.07, 6.45) is 1.58. The molecule has 1 fully saturated rings. The standard InChI is InChI=1S/C19H30N4O3/c1-4-25-19(24)23-11-9-16(10-12-23)22-18(20)21-13-15-5-7-17(8-6-15)26-14(2)3/h5-8,14,16H,4,9-13H2,1-3H3,(H3,20,21,22). The third-order valence-electron chi connectivity index (χ3n) is 4.10. The van der Waals surface area contributed by atoms with Crippen LogP contribution in [0.5, 0.6) is 5.75 Å². The monoisotopic (exact) mass is 362 g/mol. The van der Waals surface area contributed by atoms with E-state index in [1.54, 1.807) is 4.90 Å². The van der Waals surface area contributed by atoms with Crippen molar-refractivity contribution in [3.05, 3.63) is 29.8 Å². The minimum Gasteiger partial charge on any atom is -0.491 e. The zero-order valence-electron chi connectivity index (χ0n) is 15.9. The number of hydrogen-bond acceptors (Lipinski definition) is 4. The maximum absolute atomic E-state index is 11.7. The first kappa shape index (κ1) is 19.9. The Labute approximate surface area is 155 Å². The van der Waals surface area contributed by atoms with E-state index in [1.807, 2.05) is 45.0 Å². The van der Waals surface area contributed by atoms with E-state index >= 15 is 0 Å². The van der Waals surface area contributed by atoms with E-state index in [9.17, 15) is 4.79 Å². The fourth-order valence-corrected chi connectivity index (χ4v) is 2.80. The second-order valence-electron chi connectivity index (χ2n) is 6.62. The van der Waals surface area contributed by atoms with E-state index in [0.717, 1.165) is 24.2 Å². The van der Waals surface area contributed by atoms with Crippen molar-refractivity contribution < 1.29 is 14.3 Å². The second-order valence-corrected chi connectivity index (χ2v) is 6.62. The number of carbonyl (C=O) groups excluding carboxylic acids is 1. The van der Waals surface area contributed by atoms with Crippen LogP contribution in [0.4, 0.5) is 4.79 Å². The molecule has 2 rings (SSSR count). The number of amides is 1. The van der Waals surface area contributed by atoms with Crippen LogP contribution in [0.15, 0.2) is 29.3 Å². The maximum atomic E-state index is 11.7. The molecule has 1 heterocycles. The predicted octanol–water partition coefficient (Wildman–Crippen LogP) is 2.50. The summed E-state index contributed by atoms with van der Waals surface area (Å²) in [5.74, 6) is 1.29. The first-order valence-electron chi connectivity index (χ1n) is 9.21. The molecule has 144 valence electrons. The fraction of sp³-hybridized carbons (Fsp3) is 0.579. The Hall–Kier alpha value is -2.44. The molecule has 0 aliphatic carbocycles. The lowest BCUT2D eigenvalue weighted by atomic mass is 10.1. The Bertz CT molecular complexity index is 593. The Kier molecular flexibility index (Phi) is 7.56. The van der Waals surface area contributed by atoms with Gasteiger partial charge in [0.1, 0.15) is 5.75 Å². The van der Waals surface area contributed by atoms with Gasteiger partial charge in [-0.2, -0.15) is 0 Å². The number of piperidine rings is 1. The van der Waals surface area contributed by atoms with E-state index in [1.165, 1.54) is 0 Å². The molecule has 0 aromatic heterocycles. The van der Waals surface area contributed by atoms with Crippen LogP contribution < -0.4 is 15.8 Å². The summed E-state index contributed by atoms with van der Waals surface area (Å²) >= 11 is 0. The third kappa shape index (κ3) is 6.46. The van der Waals surface area contributed by atoms with E-state index in [4.69, 9.17) is 15.2 Å². The zero-order valence-corrected chi connectivity index (χ0v) is 15.9. The first-order chi connectivity index (χ1) is 12.5. The van der Waals surface area contributed by atoms with E-state index in [0.29, 0.717) is 32.2 Å². The van der Waals surface area contributed by atoms with Gasteiger partial charge in [-0.05, 0) is 51.3 Å². The number of nitrogens with one attached hydrogen (secondary N) is 1. The van der Waals surface area contributed by atoms with Gasteiger partial charge in [0.05, 0.1) is 19.3 Å². The highest BCUT2D eigenvalue weighted by Gasteiger charge is 2.23. The summed E-state index contributed by atoms with van der Waals surface area (Å²) in [5.41, 5.74) is 7.07. The van der Waals surface area contributed by atoms with Crippen molar-refractivity contribution in [3.63, 3.8) is 0 Å². The van der Waals surface area contributed by atoms with Gasteiger partial charge in [0.15, 0.2) is 5.96 Å². The van der Waals surface area contributed by atoms with Gasteiger partial charge in [0, 0.05) is 19.1 Å². The molecule has 1 amide bonds. The third-order valence-corrected chi connectivity index (χ3v) is 4.10. The largest absolute Gasteiger partial charge is 0.491 e. The SMILES string of the molecule is CCOC(=O)N1CCC(NC(N)=NCc2ccc(OC(C)C)cc2)CC1. The minimum absolute atomic E-state index is 0.161. The van der Waals surface area contributed by atoms with Gasteiger partial charge in [-0.15, -0.1) is 0 Å². The lowest BCUT2D eigenvalue weighted by Crippen LogP contribution is -2.48. The number of guanidine groups is 1. The van der Waals surface area contributed by atoms with Crippen molar-refractivity contribution in [2.75, 3.05) is 19.7 Å². The molecule has 7 heteroatoms. The number of carbonyl (C=O) groups is 1. The van der Waals surface area contributed by atoms with Gasteiger partial charge in [-0.25, -0.2) is 9.79 Å². The highest BCUT2D eigenvalue weighted by Crippen LogP contribution is 2.14. The smallest absolute Gasteiger partial charge is 0.409 e. The van der Waals surface area contributed by atoms with Crippen LogP contribution in [0, 0.1) is 0 Å². The molecule has 0 bridgehead atoms. The minimum atomic E-state index is -0.238. The number of aliphatic imine (C=N–C) groups is 1. The molecule has 0 saturated carbocycles. The summed E-state index contributed by atoms with van der Waals surface area (Å²) < 4.78 is 10.7. The molecular formula is C19H30N4O3. The van der Waals surface area contributed by atoms with Crippen LogP contribution >= 0.6 is 0 Å². The zero-order chi connectivity index (χ0) is 18.9. The average Bonchev–Trinajstić information content (AvgIpc) is 2.61. The van der Waals surface area contributed by atoms with Crippen molar-refractivity contribution in [1.82, 2.24) is 10.2 Å². The summed E-state index contributed by atoms with van der Waals surface area (Å²) in [5, 5.41) is 3.24. The molecule has 7 nitrogen and oxygen atoms in total. The maximum Gasteiger partial charge on any atom is 0.409 e. The van der Waals surface area contributed by atoms with Gasteiger partial charge >= 0.3 is 6.09 Å². The van der Waals surface area contributed by atoms with Crippen LogP contribution in [0.2, 0.25) is 0 Å². The topological polar surface area (TPSA) is 89.2 Å². The number of benzene rings is 1. The number of nitrogens with two attached hydrogens (primary N) is 1. The quantitative estimate of drug-likeness (QED) is 0.599. The number of hydrogen-bond donors (Lipinski definition) is 2.